The maximum Gasteiger partial charge on any atom is 0.243 e. The van der Waals surface area contributed by atoms with E-state index in [1.165, 1.54) is 6.92 Å². The Morgan fingerprint density at radius 2 is 2.04 bits per heavy atom. The Bertz CT molecular complexity index is 776. The Balaban J connectivity index is 1.97. The van der Waals surface area contributed by atoms with Gasteiger partial charge in [-0.2, -0.15) is 4.31 Å². The highest BCUT2D eigenvalue weighted by Gasteiger charge is 2.37. The molecule has 6 nitrogen and oxygen atoms in total. The van der Waals surface area contributed by atoms with Gasteiger partial charge in [-0.15, -0.1) is 0 Å². The first-order valence-electron chi connectivity index (χ1n) is 8.93. The molecule has 25 heavy (non-hydrogen) atoms. The summed E-state index contributed by atoms with van der Waals surface area (Å²) in [6.45, 7) is 5.90. The van der Waals surface area contributed by atoms with E-state index < -0.39 is 10.0 Å². The Kier molecular flexibility index (Phi) is 4.92. The zero-order valence-corrected chi connectivity index (χ0v) is 15.9. The minimum absolute atomic E-state index is 0.0186. The standard InChI is InChI=1S/C18H27N3O3S/c1-12-10-15-11-16(7-8-18(15)21(12)14(3)22)25(23,24)20-9-5-4-6-17(20)13(2)19/h7-8,11-13,17H,4-6,9-10,19H2,1-3H3. The Hall–Kier alpha value is -1.44. The maximum absolute atomic E-state index is 13.2. The van der Waals surface area contributed by atoms with E-state index in [9.17, 15) is 13.2 Å². The Morgan fingerprint density at radius 1 is 1.32 bits per heavy atom. The van der Waals surface area contributed by atoms with E-state index >= 15 is 0 Å². The van der Waals surface area contributed by atoms with Crippen molar-refractivity contribution in [1.82, 2.24) is 4.31 Å². The predicted molar refractivity (Wildman–Crippen MR) is 97.9 cm³/mol. The summed E-state index contributed by atoms with van der Waals surface area (Å²) in [7, 11) is -3.58. The fourth-order valence-corrected chi connectivity index (χ4v) is 5.96. The van der Waals surface area contributed by atoms with Gasteiger partial charge in [-0.25, -0.2) is 8.42 Å². The molecule has 1 aromatic rings. The predicted octanol–water partition coefficient (Wildman–Crippen LogP) is 1.87. The maximum atomic E-state index is 13.2. The zero-order chi connectivity index (χ0) is 18.4. The second-order valence-corrected chi connectivity index (χ2v) is 9.16. The first kappa shape index (κ1) is 18.4. The van der Waals surface area contributed by atoms with Gasteiger partial charge in [0.2, 0.25) is 15.9 Å². The number of amides is 1. The molecule has 1 aromatic carbocycles. The van der Waals surface area contributed by atoms with Gasteiger partial charge < -0.3 is 10.6 Å². The zero-order valence-electron chi connectivity index (χ0n) is 15.1. The molecule has 3 atom stereocenters. The Labute approximate surface area is 150 Å². The second kappa shape index (κ2) is 6.70. The van der Waals surface area contributed by atoms with Gasteiger partial charge in [-0.05, 0) is 56.9 Å². The summed E-state index contributed by atoms with van der Waals surface area (Å²) >= 11 is 0. The number of fused-ring (bicyclic) bond motifs is 1. The van der Waals surface area contributed by atoms with Crippen LogP contribution in [0.1, 0.15) is 45.6 Å². The fraction of sp³-hybridized carbons (Fsp3) is 0.611. The van der Waals surface area contributed by atoms with Crippen LogP contribution in [0.4, 0.5) is 5.69 Å². The first-order valence-corrected chi connectivity index (χ1v) is 10.4. The van der Waals surface area contributed by atoms with Crippen LogP contribution >= 0.6 is 0 Å². The average Bonchev–Trinajstić information content (AvgIpc) is 2.89. The highest BCUT2D eigenvalue weighted by molar-refractivity contribution is 7.89. The van der Waals surface area contributed by atoms with Gasteiger partial charge >= 0.3 is 0 Å². The van der Waals surface area contributed by atoms with E-state index in [0.29, 0.717) is 17.9 Å². The minimum Gasteiger partial charge on any atom is -0.326 e. The van der Waals surface area contributed by atoms with Crippen LogP contribution in [0.25, 0.3) is 0 Å². The van der Waals surface area contributed by atoms with Crippen molar-refractivity contribution in [2.75, 3.05) is 11.4 Å². The summed E-state index contributed by atoms with van der Waals surface area (Å²) in [6.07, 6.45) is 3.35. The molecule has 0 aromatic heterocycles. The molecule has 0 saturated carbocycles. The van der Waals surface area contributed by atoms with Crippen molar-refractivity contribution < 1.29 is 13.2 Å². The van der Waals surface area contributed by atoms with Crippen LogP contribution in [0.3, 0.4) is 0 Å². The van der Waals surface area contributed by atoms with Gasteiger partial charge in [-0.1, -0.05) is 6.42 Å². The van der Waals surface area contributed by atoms with Gasteiger partial charge in [0.25, 0.3) is 0 Å². The van der Waals surface area contributed by atoms with Crippen molar-refractivity contribution in [2.24, 2.45) is 5.73 Å². The molecule has 1 saturated heterocycles. The molecule has 7 heteroatoms. The largest absolute Gasteiger partial charge is 0.326 e. The lowest BCUT2D eigenvalue weighted by Crippen LogP contribution is -2.51. The molecule has 2 N–H and O–H groups in total. The van der Waals surface area contributed by atoms with Crippen molar-refractivity contribution in [1.29, 1.82) is 0 Å². The van der Waals surface area contributed by atoms with Crippen LogP contribution in [0, 0.1) is 0 Å². The van der Waals surface area contributed by atoms with Crippen LogP contribution in [-0.2, 0) is 21.2 Å². The third-order valence-electron chi connectivity index (χ3n) is 5.32. The number of sulfonamides is 1. The molecule has 0 bridgehead atoms. The van der Waals surface area contributed by atoms with Crippen molar-refractivity contribution in [2.45, 2.75) is 69.5 Å². The van der Waals surface area contributed by atoms with Crippen LogP contribution in [-0.4, -0.2) is 43.3 Å². The van der Waals surface area contributed by atoms with E-state index in [1.807, 2.05) is 13.8 Å². The average molecular weight is 365 g/mol. The number of hydrogen-bond donors (Lipinski definition) is 1. The number of nitrogens with zero attached hydrogens (tertiary/aromatic N) is 2. The molecule has 0 aliphatic carbocycles. The normalized spacial score (nSPS) is 25.7. The molecule has 1 amide bonds. The van der Waals surface area contributed by atoms with Gasteiger partial charge in [0.05, 0.1) is 4.90 Å². The van der Waals surface area contributed by atoms with Crippen molar-refractivity contribution >= 4 is 21.6 Å². The number of anilines is 1. The lowest BCUT2D eigenvalue weighted by Gasteiger charge is -2.37. The topological polar surface area (TPSA) is 83.7 Å². The molecule has 3 unspecified atom stereocenters. The number of benzene rings is 1. The molecule has 1 fully saturated rings. The molecule has 2 aliphatic rings. The molecule has 138 valence electrons. The number of piperidine rings is 1. The summed E-state index contributed by atoms with van der Waals surface area (Å²) in [5.41, 5.74) is 7.78. The van der Waals surface area contributed by atoms with Crippen LogP contribution in [0.15, 0.2) is 23.1 Å². The smallest absolute Gasteiger partial charge is 0.243 e. The summed E-state index contributed by atoms with van der Waals surface area (Å²) < 4.78 is 28.0. The third kappa shape index (κ3) is 3.20. The molecular formula is C18H27N3O3S. The highest BCUT2D eigenvalue weighted by atomic mass is 32.2. The molecule has 3 rings (SSSR count). The molecule has 0 spiro atoms. The molecule has 0 radical (unpaired) electrons. The number of rotatable bonds is 3. The van der Waals surface area contributed by atoms with Crippen molar-refractivity contribution in [3.8, 4) is 0 Å². The first-order chi connectivity index (χ1) is 11.7. The molecule has 2 heterocycles. The van der Waals surface area contributed by atoms with E-state index in [0.717, 1.165) is 30.5 Å². The number of carbonyl (C=O) groups excluding carboxylic acids is 1. The minimum atomic E-state index is -3.58. The van der Waals surface area contributed by atoms with E-state index in [-0.39, 0.29) is 24.0 Å². The second-order valence-electron chi connectivity index (χ2n) is 7.27. The lowest BCUT2D eigenvalue weighted by molar-refractivity contribution is -0.116. The molecule has 2 aliphatic heterocycles. The third-order valence-corrected chi connectivity index (χ3v) is 7.24. The van der Waals surface area contributed by atoms with E-state index in [1.54, 1.807) is 27.4 Å². The monoisotopic (exact) mass is 365 g/mol. The van der Waals surface area contributed by atoms with Gasteiger partial charge in [0.1, 0.15) is 0 Å². The summed E-state index contributed by atoms with van der Waals surface area (Å²) in [4.78, 5) is 13.9. The quantitative estimate of drug-likeness (QED) is 0.886. The summed E-state index contributed by atoms with van der Waals surface area (Å²) in [6, 6.07) is 4.82. The van der Waals surface area contributed by atoms with Gasteiger partial charge in [0, 0.05) is 37.3 Å². The Morgan fingerprint density at radius 3 is 2.68 bits per heavy atom. The van der Waals surface area contributed by atoms with Crippen molar-refractivity contribution in [3.05, 3.63) is 23.8 Å². The van der Waals surface area contributed by atoms with Crippen LogP contribution in [0.5, 0.6) is 0 Å². The number of hydrogen-bond acceptors (Lipinski definition) is 4. The molecular weight excluding hydrogens is 338 g/mol. The van der Waals surface area contributed by atoms with Gasteiger partial charge in [0.15, 0.2) is 0 Å². The fourth-order valence-electron chi connectivity index (χ4n) is 4.14. The SMILES string of the molecule is CC(=O)N1c2ccc(S(=O)(=O)N3CCCCC3C(C)N)cc2CC1C. The lowest BCUT2D eigenvalue weighted by atomic mass is 10.00. The summed E-state index contributed by atoms with van der Waals surface area (Å²) in [5, 5.41) is 0. The van der Waals surface area contributed by atoms with Crippen LogP contribution in [0.2, 0.25) is 0 Å². The highest BCUT2D eigenvalue weighted by Crippen LogP contribution is 2.35. The van der Waals surface area contributed by atoms with Gasteiger partial charge in [-0.3, -0.25) is 4.79 Å². The number of carbonyl (C=O) groups is 1. The number of nitrogens with two attached hydrogens (primary N) is 1. The summed E-state index contributed by atoms with van der Waals surface area (Å²) in [5.74, 6) is -0.0186. The van der Waals surface area contributed by atoms with Crippen molar-refractivity contribution in [3.63, 3.8) is 0 Å². The van der Waals surface area contributed by atoms with E-state index in [4.69, 9.17) is 5.73 Å². The van der Waals surface area contributed by atoms with E-state index in [2.05, 4.69) is 0 Å². The van der Waals surface area contributed by atoms with Crippen LogP contribution < -0.4 is 10.6 Å².